The van der Waals surface area contributed by atoms with Crippen LogP contribution in [0.5, 0.6) is 0 Å². The van der Waals surface area contributed by atoms with E-state index < -0.39 is 67.7 Å². The maximum absolute atomic E-state index is 7.30. The zero-order chi connectivity index (χ0) is 40.5. The van der Waals surface area contributed by atoms with E-state index >= 15 is 0 Å². The third-order valence-electron chi connectivity index (χ3n) is 11.3. The summed E-state index contributed by atoms with van der Waals surface area (Å²) in [6, 6.07) is 48.2. The summed E-state index contributed by atoms with van der Waals surface area (Å²) in [5.41, 5.74) is 5.85. The van der Waals surface area contributed by atoms with Crippen LogP contribution in [-0.4, -0.2) is 81.7 Å². The Kier molecular flexibility index (Phi) is 13.7. The number of hydrogen-bond acceptors (Lipinski definition) is 11. The van der Waals surface area contributed by atoms with Crippen molar-refractivity contribution in [1.82, 2.24) is 0 Å². The van der Waals surface area contributed by atoms with E-state index in [1.165, 1.54) is 0 Å². The van der Waals surface area contributed by atoms with Crippen molar-refractivity contribution in [2.45, 2.75) is 101 Å². The maximum atomic E-state index is 7.30. The Labute approximate surface area is 351 Å². The molecule has 4 bridgehead atoms. The summed E-state index contributed by atoms with van der Waals surface area (Å²) in [4.78, 5) is 0. The van der Waals surface area contributed by atoms with Crippen LogP contribution in [0.1, 0.15) is 39.7 Å². The van der Waals surface area contributed by atoms with Crippen molar-refractivity contribution in [2.24, 2.45) is 0 Å². The van der Waals surface area contributed by atoms with Crippen LogP contribution < -0.4 is 0 Å². The molecule has 2 unspecified atom stereocenters. The van der Waals surface area contributed by atoms with E-state index in [0.29, 0.717) is 19.8 Å². The Morgan fingerprint density at radius 3 is 1.70 bits per heavy atom. The van der Waals surface area contributed by atoms with Gasteiger partial charge >= 0.3 is 0 Å². The molecule has 314 valence electrons. The van der Waals surface area contributed by atoms with Gasteiger partial charge in [0.15, 0.2) is 18.9 Å². The zero-order valence-electron chi connectivity index (χ0n) is 33.6. The second-order valence-corrected chi connectivity index (χ2v) is 15.5. The molecule has 5 aromatic carbocycles. The third kappa shape index (κ3) is 9.89. The Balaban J connectivity index is 1.12. The first-order valence-electron chi connectivity index (χ1n) is 20.7. The summed E-state index contributed by atoms with van der Waals surface area (Å²) in [7, 11) is 1.60. The minimum atomic E-state index is -1.01. The maximum Gasteiger partial charge on any atom is 0.187 e. The summed E-state index contributed by atoms with van der Waals surface area (Å²) < 4.78 is 74.0. The van der Waals surface area contributed by atoms with Crippen LogP contribution in [0.25, 0.3) is 0 Å². The van der Waals surface area contributed by atoms with Crippen LogP contribution in [0.2, 0.25) is 0 Å². The Hall–Kier alpha value is -4.34. The molecule has 11 atom stereocenters. The van der Waals surface area contributed by atoms with E-state index in [0.717, 1.165) is 33.4 Å². The predicted molar refractivity (Wildman–Crippen MR) is 219 cm³/mol. The van der Waals surface area contributed by atoms with E-state index in [-0.39, 0.29) is 26.4 Å². The topological polar surface area (TPSA) is 102 Å². The molecule has 0 amide bonds. The van der Waals surface area contributed by atoms with Gasteiger partial charge in [0.25, 0.3) is 0 Å². The van der Waals surface area contributed by atoms with E-state index in [1.807, 2.05) is 140 Å². The van der Waals surface area contributed by atoms with Crippen LogP contribution in [0.3, 0.4) is 0 Å². The molecule has 9 rings (SSSR count). The highest BCUT2D eigenvalue weighted by atomic mass is 16.8. The van der Waals surface area contributed by atoms with Crippen molar-refractivity contribution in [2.75, 3.05) is 20.3 Å². The molecule has 5 aromatic rings. The summed E-state index contributed by atoms with van der Waals surface area (Å²) in [6.45, 7) is 1.93. The van der Waals surface area contributed by atoms with Crippen LogP contribution in [-0.2, 0) is 85.1 Å². The van der Waals surface area contributed by atoms with Crippen molar-refractivity contribution in [3.05, 3.63) is 179 Å². The molecular weight excluding hydrogens is 765 g/mol. The Bertz CT molecular complexity index is 2040. The van der Waals surface area contributed by atoms with Gasteiger partial charge in [-0.25, -0.2) is 0 Å². The van der Waals surface area contributed by atoms with Crippen molar-refractivity contribution in [1.29, 1.82) is 0 Å². The predicted octanol–water partition coefficient (Wildman–Crippen LogP) is 7.45. The molecule has 3 fully saturated rings. The average Bonchev–Trinajstić information content (AvgIpc) is 3.30. The van der Waals surface area contributed by atoms with Crippen LogP contribution >= 0.6 is 0 Å². The largest absolute Gasteiger partial charge is 0.374 e. The van der Waals surface area contributed by atoms with Gasteiger partial charge in [-0.15, -0.1) is 0 Å². The van der Waals surface area contributed by atoms with Crippen molar-refractivity contribution in [3.63, 3.8) is 0 Å². The molecule has 60 heavy (non-hydrogen) atoms. The molecule has 3 saturated heterocycles. The van der Waals surface area contributed by atoms with Gasteiger partial charge in [-0.3, -0.25) is 0 Å². The lowest BCUT2D eigenvalue weighted by molar-refractivity contribution is -0.400. The van der Waals surface area contributed by atoms with Crippen LogP contribution in [0, 0.1) is 0 Å². The number of benzene rings is 5. The lowest BCUT2D eigenvalue weighted by atomic mass is 9.95. The van der Waals surface area contributed by atoms with Crippen LogP contribution in [0.4, 0.5) is 0 Å². The molecule has 0 saturated carbocycles. The highest BCUT2D eigenvalue weighted by molar-refractivity contribution is 5.23. The Morgan fingerprint density at radius 2 is 1.07 bits per heavy atom. The fourth-order valence-corrected chi connectivity index (χ4v) is 8.29. The van der Waals surface area contributed by atoms with E-state index in [2.05, 4.69) is 6.07 Å². The monoisotopic (exact) mass is 816 g/mol. The smallest absolute Gasteiger partial charge is 0.187 e. The van der Waals surface area contributed by atoms with Gasteiger partial charge in [0, 0.05) is 12.7 Å². The summed E-state index contributed by atoms with van der Waals surface area (Å²) in [5, 5.41) is 0. The average molecular weight is 817 g/mol. The van der Waals surface area contributed by atoms with Crippen molar-refractivity contribution in [3.8, 4) is 0 Å². The summed E-state index contributed by atoms with van der Waals surface area (Å²) >= 11 is 0. The van der Waals surface area contributed by atoms with Gasteiger partial charge in [0.2, 0.25) is 0 Å². The quantitative estimate of drug-likeness (QED) is 0.133. The molecule has 0 N–H and O–H groups in total. The first-order valence-corrected chi connectivity index (χ1v) is 20.7. The lowest BCUT2D eigenvalue weighted by Gasteiger charge is -2.51. The first kappa shape index (κ1) is 41.0. The normalized spacial score (nSPS) is 30.6. The molecule has 4 aliphatic heterocycles. The number of hydrogen-bond donors (Lipinski definition) is 0. The second kappa shape index (κ2) is 20.0. The van der Waals surface area contributed by atoms with E-state index in [9.17, 15) is 0 Å². The first-order chi connectivity index (χ1) is 29.7. The molecule has 4 heterocycles. The number of fused-ring (bicyclic) bond motifs is 7. The molecule has 11 heteroatoms. The zero-order valence-corrected chi connectivity index (χ0v) is 33.6. The van der Waals surface area contributed by atoms with Gasteiger partial charge in [-0.05, 0) is 27.8 Å². The van der Waals surface area contributed by atoms with Gasteiger partial charge in [0.1, 0.15) is 48.8 Å². The van der Waals surface area contributed by atoms with Crippen molar-refractivity contribution < 1.29 is 52.1 Å². The summed E-state index contributed by atoms with van der Waals surface area (Å²) in [5.74, 6) is 0. The standard InChI is InChI=1S/C49H52O11/c1-50-48-46-44(42-40(57-48)32-56-47(59-42)38-23-12-5-13-24-38)60-49-45(54-29-35-19-10-4-11-20-35)43(53-28-34-17-8-3-9-18-34)41(52-27-33-15-6-2-7-16-33)39(58-49)31-51-26-36-21-14-22-37(25-36)30-55-46/h2-25,39-49H,26-32H2,1H3/t39-,40-,41-,42-,43+,44+,45-,46-,47?,48?,49+/m1/s1. The van der Waals surface area contributed by atoms with Crippen molar-refractivity contribution >= 4 is 0 Å². The fraction of sp³-hybridized carbons (Fsp3) is 0.388. The Morgan fingerprint density at radius 1 is 0.483 bits per heavy atom. The van der Waals surface area contributed by atoms with Gasteiger partial charge in [-0.2, -0.15) is 0 Å². The van der Waals surface area contributed by atoms with Gasteiger partial charge in [0.05, 0.1) is 46.2 Å². The lowest BCUT2D eigenvalue weighted by Crippen LogP contribution is -2.67. The minimum Gasteiger partial charge on any atom is -0.374 e. The second-order valence-electron chi connectivity index (χ2n) is 15.5. The molecule has 0 radical (unpaired) electrons. The minimum absolute atomic E-state index is 0.195. The summed E-state index contributed by atoms with van der Waals surface area (Å²) in [6.07, 6.45) is -7.94. The highest BCUT2D eigenvalue weighted by Crippen LogP contribution is 2.40. The third-order valence-corrected chi connectivity index (χ3v) is 11.3. The highest BCUT2D eigenvalue weighted by Gasteiger charge is 2.56. The fourth-order valence-electron chi connectivity index (χ4n) is 8.29. The molecule has 11 nitrogen and oxygen atoms in total. The van der Waals surface area contributed by atoms with E-state index in [1.54, 1.807) is 7.11 Å². The molecular formula is C49H52O11. The molecule has 0 aliphatic carbocycles. The van der Waals surface area contributed by atoms with Crippen LogP contribution in [0.15, 0.2) is 146 Å². The van der Waals surface area contributed by atoms with E-state index in [4.69, 9.17) is 52.1 Å². The SMILES string of the molecule is COC1O[C@@H]2COC(c3ccccc3)O[C@H]2[C@@H]2O[C@@H]3O[C@H](COCc4cccc(c4)CO[C@@H]12)[C@@H](OCc1ccccc1)[C@H](OCc1ccccc1)[C@H]3OCc1ccccc1. The van der Waals surface area contributed by atoms with Gasteiger partial charge in [-0.1, -0.05) is 146 Å². The molecule has 0 aromatic heterocycles. The number of rotatable bonds is 11. The number of ether oxygens (including phenoxy) is 11. The number of methoxy groups -OCH3 is 1. The molecule has 0 spiro atoms. The molecule has 4 aliphatic rings. The van der Waals surface area contributed by atoms with Gasteiger partial charge < -0.3 is 52.1 Å².